The molecule has 70 valence electrons. The van der Waals surface area contributed by atoms with Gasteiger partial charge in [0, 0.05) is 11.1 Å². The SMILES string of the molecule is O=C1C(=O)c2cccc(O)c2C=C1O. The van der Waals surface area contributed by atoms with E-state index in [9.17, 15) is 14.7 Å². The lowest BCUT2D eigenvalue weighted by Gasteiger charge is -2.11. The molecular formula is C10H6O4. The van der Waals surface area contributed by atoms with Crippen LogP contribution in [0.4, 0.5) is 0 Å². The van der Waals surface area contributed by atoms with E-state index in [2.05, 4.69) is 0 Å². The molecule has 0 saturated carbocycles. The van der Waals surface area contributed by atoms with Crippen LogP contribution in [-0.2, 0) is 4.79 Å². The van der Waals surface area contributed by atoms with E-state index in [0.29, 0.717) is 0 Å². The van der Waals surface area contributed by atoms with Crippen molar-refractivity contribution in [1.82, 2.24) is 0 Å². The molecule has 0 bridgehead atoms. The number of phenols is 1. The monoisotopic (exact) mass is 190 g/mol. The Kier molecular flexibility index (Phi) is 1.64. The zero-order chi connectivity index (χ0) is 10.3. The molecule has 1 aliphatic rings. The van der Waals surface area contributed by atoms with Crippen molar-refractivity contribution in [1.29, 1.82) is 0 Å². The number of allylic oxidation sites excluding steroid dienone is 1. The van der Waals surface area contributed by atoms with Crippen LogP contribution in [0, 0.1) is 0 Å². The average Bonchev–Trinajstić information content (AvgIpc) is 2.17. The molecule has 0 radical (unpaired) electrons. The summed E-state index contributed by atoms with van der Waals surface area (Å²) >= 11 is 0. The summed E-state index contributed by atoms with van der Waals surface area (Å²) in [6, 6.07) is 4.28. The van der Waals surface area contributed by atoms with Gasteiger partial charge in [0.05, 0.1) is 0 Å². The number of aliphatic hydroxyl groups is 1. The molecule has 0 fully saturated rings. The Balaban J connectivity index is 2.76. The Hall–Kier alpha value is -2.10. The molecule has 0 spiro atoms. The van der Waals surface area contributed by atoms with Crippen molar-refractivity contribution in [3.05, 3.63) is 35.1 Å². The van der Waals surface area contributed by atoms with Gasteiger partial charge in [0.2, 0.25) is 5.78 Å². The van der Waals surface area contributed by atoms with Crippen molar-refractivity contribution in [3.63, 3.8) is 0 Å². The van der Waals surface area contributed by atoms with Crippen LogP contribution < -0.4 is 0 Å². The van der Waals surface area contributed by atoms with E-state index in [4.69, 9.17) is 5.11 Å². The van der Waals surface area contributed by atoms with Crippen LogP contribution in [0.2, 0.25) is 0 Å². The molecule has 4 nitrogen and oxygen atoms in total. The van der Waals surface area contributed by atoms with Crippen LogP contribution in [0.3, 0.4) is 0 Å². The Bertz CT molecular complexity index is 471. The third-order valence-corrected chi connectivity index (χ3v) is 2.05. The lowest BCUT2D eigenvalue weighted by Crippen LogP contribution is -2.21. The van der Waals surface area contributed by atoms with Gasteiger partial charge in [0.15, 0.2) is 5.76 Å². The summed E-state index contributed by atoms with van der Waals surface area (Å²) < 4.78 is 0. The molecule has 1 aromatic rings. The molecule has 4 heteroatoms. The van der Waals surface area contributed by atoms with Crippen LogP contribution >= 0.6 is 0 Å². The number of carbonyl (C=O) groups is 2. The van der Waals surface area contributed by atoms with E-state index in [1.54, 1.807) is 0 Å². The molecule has 14 heavy (non-hydrogen) atoms. The van der Waals surface area contributed by atoms with Gasteiger partial charge < -0.3 is 10.2 Å². The van der Waals surface area contributed by atoms with Crippen LogP contribution in [0.5, 0.6) is 5.75 Å². The Morgan fingerprint density at radius 1 is 1.00 bits per heavy atom. The quantitative estimate of drug-likeness (QED) is 0.600. The lowest BCUT2D eigenvalue weighted by molar-refractivity contribution is -0.114. The number of benzene rings is 1. The first kappa shape index (κ1) is 8.50. The third kappa shape index (κ3) is 1.01. The third-order valence-electron chi connectivity index (χ3n) is 2.05. The summed E-state index contributed by atoms with van der Waals surface area (Å²) in [4.78, 5) is 22.4. The molecule has 1 aliphatic carbocycles. The first-order valence-corrected chi connectivity index (χ1v) is 3.93. The van der Waals surface area contributed by atoms with Crippen LogP contribution in [0.15, 0.2) is 24.0 Å². The number of Topliss-reactive ketones (excluding diaryl/α,β-unsaturated/α-hetero) is 2. The van der Waals surface area contributed by atoms with Gasteiger partial charge in [-0.2, -0.15) is 0 Å². The molecular weight excluding hydrogens is 184 g/mol. The number of aliphatic hydroxyl groups excluding tert-OH is 1. The molecule has 0 amide bonds. The molecule has 0 aromatic heterocycles. The van der Waals surface area contributed by atoms with Gasteiger partial charge in [-0.3, -0.25) is 9.59 Å². The van der Waals surface area contributed by atoms with Gasteiger partial charge in [-0.25, -0.2) is 0 Å². The number of carbonyl (C=O) groups excluding carboxylic acids is 2. The maximum absolute atomic E-state index is 11.3. The van der Waals surface area contributed by atoms with Crippen molar-refractivity contribution in [2.75, 3.05) is 0 Å². The van der Waals surface area contributed by atoms with Crippen molar-refractivity contribution in [3.8, 4) is 5.75 Å². The number of phenolic OH excluding ortho intramolecular Hbond substituents is 1. The fraction of sp³-hybridized carbons (Fsp3) is 0. The molecule has 0 unspecified atom stereocenters. The summed E-state index contributed by atoms with van der Waals surface area (Å²) in [5.41, 5.74) is 0.308. The summed E-state index contributed by atoms with van der Waals surface area (Å²) in [5.74, 6) is -2.50. The first-order valence-electron chi connectivity index (χ1n) is 3.93. The molecule has 2 N–H and O–H groups in total. The number of hydrogen-bond donors (Lipinski definition) is 2. The largest absolute Gasteiger partial charge is 0.507 e. The van der Waals surface area contributed by atoms with Gasteiger partial charge in [-0.1, -0.05) is 12.1 Å². The van der Waals surface area contributed by atoms with Gasteiger partial charge in [-0.05, 0) is 12.1 Å². The predicted octanol–water partition coefficient (Wildman–Crippen LogP) is 1.06. The van der Waals surface area contributed by atoms with E-state index in [0.717, 1.165) is 6.08 Å². The summed E-state index contributed by atoms with van der Waals surface area (Å²) in [6.45, 7) is 0. The molecule has 2 rings (SSSR count). The lowest BCUT2D eigenvalue weighted by atomic mass is 9.93. The van der Waals surface area contributed by atoms with Gasteiger partial charge in [0.1, 0.15) is 5.75 Å². The predicted molar refractivity (Wildman–Crippen MR) is 48.1 cm³/mol. The fourth-order valence-electron chi connectivity index (χ4n) is 1.34. The van der Waals surface area contributed by atoms with E-state index in [1.165, 1.54) is 18.2 Å². The fourth-order valence-corrected chi connectivity index (χ4v) is 1.34. The van der Waals surface area contributed by atoms with Crippen molar-refractivity contribution < 1.29 is 19.8 Å². The van der Waals surface area contributed by atoms with E-state index in [-0.39, 0.29) is 16.9 Å². The van der Waals surface area contributed by atoms with Crippen LogP contribution in [0.1, 0.15) is 15.9 Å². The number of ketones is 2. The highest BCUT2D eigenvalue weighted by molar-refractivity contribution is 6.51. The zero-order valence-corrected chi connectivity index (χ0v) is 7.02. The minimum Gasteiger partial charge on any atom is -0.507 e. The summed E-state index contributed by atoms with van der Waals surface area (Å²) in [6.07, 6.45) is 1.09. The van der Waals surface area contributed by atoms with Crippen LogP contribution in [-0.4, -0.2) is 21.8 Å². The maximum atomic E-state index is 11.3. The standard InChI is InChI=1S/C10H6O4/c11-7-3-1-2-5-6(7)4-8(12)10(14)9(5)13/h1-4,11-12H. The van der Waals surface area contributed by atoms with Crippen molar-refractivity contribution in [2.24, 2.45) is 0 Å². The highest BCUT2D eigenvalue weighted by atomic mass is 16.3. The highest BCUT2D eigenvalue weighted by Gasteiger charge is 2.28. The second-order valence-corrected chi connectivity index (χ2v) is 2.93. The highest BCUT2D eigenvalue weighted by Crippen LogP contribution is 2.27. The number of hydrogen-bond acceptors (Lipinski definition) is 4. The molecule has 0 saturated heterocycles. The molecule has 0 heterocycles. The second kappa shape index (κ2) is 2.70. The molecule has 0 atom stereocenters. The minimum atomic E-state index is -0.942. The minimum absolute atomic E-state index is 0.118. The first-order chi connectivity index (χ1) is 6.61. The molecule has 1 aromatic carbocycles. The second-order valence-electron chi connectivity index (χ2n) is 2.93. The topological polar surface area (TPSA) is 74.6 Å². The Morgan fingerprint density at radius 2 is 1.71 bits per heavy atom. The van der Waals surface area contributed by atoms with Gasteiger partial charge in [0.25, 0.3) is 5.78 Å². The van der Waals surface area contributed by atoms with Gasteiger partial charge >= 0.3 is 0 Å². The number of aromatic hydroxyl groups is 1. The number of rotatable bonds is 0. The smallest absolute Gasteiger partial charge is 0.267 e. The average molecular weight is 190 g/mol. The van der Waals surface area contributed by atoms with E-state index < -0.39 is 17.3 Å². The maximum Gasteiger partial charge on any atom is 0.267 e. The zero-order valence-electron chi connectivity index (χ0n) is 7.02. The van der Waals surface area contributed by atoms with E-state index in [1.807, 2.05) is 0 Å². The van der Waals surface area contributed by atoms with Crippen LogP contribution in [0.25, 0.3) is 6.08 Å². The summed E-state index contributed by atoms with van der Waals surface area (Å²) in [7, 11) is 0. The van der Waals surface area contributed by atoms with Gasteiger partial charge in [-0.15, -0.1) is 0 Å². The Labute approximate surface area is 79.1 Å². The number of fused-ring (bicyclic) bond motifs is 1. The van der Waals surface area contributed by atoms with Crippen molar-refractivity contribution >= 4 is 17.6 Å². The molecule has 0 aliphatic heterocycles. The summed E-state index contributed by atoms with van der Waals surface area (Å²) in [5, 5.41) is 18.5. The normalized spacial score (nSPS) is 15.0. The Morgan fingerprint density at radius 3 is 2.43 bits per heavy atom. The van der Waals surface area contributed by atoms with E-state index >= 15 is 0 Å². The van der Waals surface area contributed by atoms with Crippen molar-refractivity contribution in [2.45, 2.75) is 0 Å².